The van der Waals surface area contributed by atoms with Crippen molar-refractivity contribution < 1.29 is 24.1 Å². The Bertz CT molecular complexity index is 705. The number of rotatable bonds is 0. The Balaban J connectivity index is 1.88. The smallest absolute Gasteiger partial charge is 0.334 e. The van der Waals surface area contributed by atoms with Gasteiger partial charge in [-0.3, -0.25) is 0 Å². The molecular formula is C17H18O5. The first-order valence-electron chi connectivity index (χ1n) is 7.42. The molecule has 5 nitrogen and oxygen atoms in total. The van der Waals surface area contributed by atoms with Gasteiger partial charge < -0.3 is 19.3 Å². The van der Waals surface area contributed by atoms with Crippen LogP contribution in [0.1, 0.15) is 50.5 Å². The number of hydrogen-bond acceptors (Lipinski definition) is 5. The summed E-state index contributed by atoms with van der Waals surface area (Å²) in [5.41, 5.74) is 1.02. The maximum atomic E-state index is 11.8. The highest BCUT2D eigenvalue weighted by Gasteiger charge is 2.54. The predicted octanol–water partition coefficient (Wildman–Crippen LogP) is 2.55. The summed E-state index contributed by atoms with van der Waals surface area (Å²) in [5.74, 6) is -0.427. The molecule has 0 saturated carbocycles. The Kier molecular flexibility index (Phi) is 2.58. The molecule has 1 spiro atoms. The van der Waals surface area contributed by atoms with Crippen molar-refractivity contribution in [3.05, 3.63) is 41.0 Å². The number of carbonyl (C=O) groups is 1. The summed E-state index contributed by atoms with van der Waals surface area (Å²) >= 11 is 0. The van der Waals surface area contributed by atoms with E-state index in [0.717, 1.165) is 11.3 Å². The van der Waals surface area contributed by atoms with Crippen LogP contribution in [-0.2, 0) is 14.3 Å². The quantitative estimate of drug-likeness (QED) is 0.746. The molecular weight excluding hydrogens is 284 g/mol. The second-order valence-corrected chi connectivity index (χ2v) is 6.65. The van der Waals surface area contributed by atoms with E-state index >= 15 is 0 Å². The van der Waals surface area contributed by atoms with Crippen molar-refractivity contribution in [3.8, 4) is 5.75 Å². The zero-order valence-electron chi connectivity index (χ0n) is 12.8. The van der Waals surface area contributed by atoms with Crippen LogP contribution < -0.4 is 4.74 Å². The molecule has 1 N–H and O–H groups in total. The maximum absolute atomic E-state index is 11.8. The number of hydrogen-bond donors (Lipinski definition) is 1. The third kappa shape index (κ3) is 1.76. The lowest BCUT2D eigenvalue weighted by Gasteiger charge is -2.46. The van der Waals surface area contributed by atoms with Crippen molar-refractivity contribution >= 4 is 5.97 Å². The number of esters is 1. The number of benzene rings is 1. The van der Waals surface area contributed by atoms with E-state index in [1.165, 1.54) is 0 Å². The Morgan fingerprint density at radius 3 is 2.73 bits per heavy atom. The lowest BCUT2D eigenvalue weighted by atomic mass is 9.75. The molecule has 0 aromatic heterocycles. The van der Waals surface area contributed by atoms with E-state index in [1.54, 1.807) is 13.0 Å². The summed E-state index contributed by atoms with van der Waals surface area (Å²) in [6, 6.07) is 5.54. The molecule has 1 aliphatic carbocycles. The monoisotopic (exact) mass is 302 g/mol. The highest BCUT2D eigenvalue weighted by atomic mass is 16.7. The largest absolute Gasteiger partial charge is 0.463 e. The molecule has 3 atom stereocenters. The van der Waals surface area contributed by atoms with Gasteiger partial charge in [0.15, 0.2) is 5.60 Å². The molecule has 0 bridgehead atoms. The highest BCUT2D eigenvalue weighted by molar-refractivity contribution is 5.91. The van der Waals surface area contributed by atoms with Crippen LogP contribution in [0.4, 0.5) is 0 Å². The number of ether oxygens (including phenoxy) is 3. The van der Waals surface area contributed by atoms with Crippen molar-refractivity contribution in [2.24, 2.45) is 0 Å². The van der Waals surface area contributed by atoms with Crippen LogP contribution in [0.5, 0.6) is 5.75 Å². The van der Waals surface area contributed by atoms with Gasteiger partial charge in [0.2, 0.25) is 5.79 Å². The second kappa shape index (κ2) is 4.12. The van der Waals surface area contributed by atoms with E-state index in [4.69, 9.17) is 14.2 Å². The molecule has 0 amide bonds. The molecule has 2 aliphatic heterocycles. The van der Waals surface area contributed by atoms with Crippen LogP contribution in [0.15, 0.2) is 29.8 Å². The van der Waals surface area contributed by atoms with Crippen LogP contribution in [0.3, 0.4) is 0 Å². The molecule has 3 aliphatic rings. The van der Waals surface area contributed by atoms with E-state index in [1.807, 2.05) is 32.0 Å². The first kappa shape index (κ1) is 13.8. The van der Waals surface area contributed by atoms with Crippen molar-refractivity contribution in [2.75, 3.05) is 0 Å². The average Bonchev–Trinajstić information content (AvgIpc) is 2.70. The average molecular weight is 302 g/mol. The summed E-state index contributed by atoms with van der Waals surface area (Å²) < 4.78 is 17.4. The molecule has 1 aromatic carbocycles. The van der Waals surface area contributed by atoms with Crippen LogP contribution >= 0.6 is 0 Å². The molecule has 1 aromatic rings. The molecule has 22 heavy (non-hydrogen) atoms. The SMILES string of the molecule is CC1=C[C@@]2(C[C@@H]3OC(C)(C)Oc4cccc(c43)[C@@H]2O)OC1=O. The first-order chi connectivity index (χ1) is 10.3. The minimum absolute atomic E-state index is 0.284. The van der Waals surface area contributed by atoms with Gasteiger partial charge in [-0.15, -0.1) is 0 Å². The number of aliphatic hydroxyl groups is 1. The fourth-order valence-electron chi connectivity index (χ4n) is 3.68. The zero-order chi connectivity index (χ0) is 15.7. The molecule has 5 heteroatoms. The zero-order valence-corrected chi connectivity index (χ0v) is 12.8. The molecule has 0 saturated heterocycles. The fraction of sp³-hybridized carbons (Fsp3) is 0.471. The van der Waals surface area contributed by atoms with Gasteiger partial charge in [0.05, 0.1) is 6.10 Å². The van der Waals surface area contributed by atoms with Gasteiger partial charge in [0, 0.05) is 31.4 Å². The Morgan fingerprint density at radius 1 is 1.27 bits per heavy atom. The molecule has 116 valence electrons. The molecule has 0 radical (unpaired) electrons. The highest BCUT2D eigenvalue weighted by Crippen LogP contribution is 2.55. The summed E-state index contributed by atoms with van der Waals surface area (Å²) in [4.78, 5) is 11.8. The fourth-order valence-corrected chi connectivity index (χ4v) is 3.68. The van der Waals surface area contributed by atoms with E-state index in [0.29, 0.717) is 17.6 Å². The van der Waals surface area contributed by atoms with Crippen molar-refractivity contribution in [1.29, 1.82) is 0 Å². The third-order valence-corrected chi connectivity index (χ3v) is 4.53. The Hall–Kier alpha value is -1.85. The van der Waals surface area contributed by atoms with Gasteiger partial charge in [-0.25, -0.2) is 4.79 Å². The maximum Gasteiger partial charge on any atom is 0.334 e. The Morgan fingerprint density at radius 2 is 2.05 bits per heavy atom. The van der Waals surface area contributed by atoms with Crippen molar-refractivity contribution in [2.45, 2.75) is 50.8 Å². The third-order valence-electron chi connectivity index (χ3n) is 4.53. The van der Waals surface area contributed by atoms with Crippen molar-refractivity contribution in [1.82, 2.24) is 0 Å². The van der Waals surface area contributed by atoms with Crippen LogP contribution in [0.2, 0.25) is 0 Å². The molecule has 4 rings (SSSR count). The standard InChI is InChI=1S/C17H18O5/c1-9-7-17(22-15(9)19)8-12-13-10(14(17)18)5-4-6-11(13)20-16(2,3)21-12/h4-7,12,14,18H,8H2,1-3H3/t12-,14-,17-/m0/s1. The second-order valence-electron chi connectivity index (χ2n) is 6.65. The topological polar surface area (TPSA) is 65.0 Å². The van der Waals surface area contributed by atoms with Crippen molar-refractivity contribution in [3.63, 3.8) is 0 Å². The molecule has 2 heterocycles. The normalized spacial score (nSPS) is 34.7. The van der Waals surface area contributed by atoms with E-state index in [9.17, 15) is 9.90 Å². The lowest BCUT2D eigenvalue weighted by molar-refractivity contribution is -0.229. The minimum Gasteiger partial charge on any atom is -0.463 e. The van der Waals surface area contributed by atoms with Gasteiger partial charge >= 0.3 is 5.97 Å². The van der Waals surface area contributed by atoms with E-state index < -0.39 is 17.5 Å². The van der Waals surface area contributed by atoms with E-state index in [-0.39, 0.29) is 12.1 Å². The molecule has 0 unspecified atom stereocenters. The van der Waals surface area contributed by atoms with Gasteiger partial charge in [-0.05, 0) is 24.6 Å². The van der Waals surface area contributed by atoms with E-state index in [2.05, 4.69) is 0 Å². The Labute approximate surface area is 128 Å². The van der Waals surface area contributed by atoms with Crippen LogP contribution in [0.25, 0.3) is 0 Å². The van der Waals surface area contributed by atoms with Crippen LogP contribution in [-0.4, -0.2) is 22.5 Å². The summed E-state index contributed by atoms with van der Waals surface area (Å²) in [6.07, 6.45) is 0.900. The van der Waals surface area contributed by atoms with Gasteiger partial charge in [0.25, 0.3) is 0 Å². The molecule has 0 fully saturated rings. The summed E-state index contributed by atoms with van der Waals surface area (Å²) in [5, 5.41) is 10.8. The predicted molar refractivity (Wildman–Crippen MR) is 77.1 cm³/mol. The first-order valence-corrected chi connectivity index (χ1v) is 7.42. The van der Waals surface area contributed by atoms with Crippen LogP contribution in [0, 0.1) is 0 Å². The van der Waals surface area contributed by atoms with Gasteiger partial charge in [-0.2, -0.15) is 0 Å². The van der Waals surface area contributed by atoms with Gasteiger partial charge in [-0.1, -0.05) is 12.1 Å². The number of carbonyl (C=O) groups excluding carboxylic acids is 1. The van der Waals surface area contributed by atoms with Gasteiger partial charge in [0.1, 0.15) is 11.9 Å². The number of aliphatic hydroxyl groups excluding tert-OH is 1. The summed E-state index contributed by atoms with van der Waals surface area (Å²) in [6.45, 7) is 5.40. The minimum atomic E-state index is -1.05. The summed E-state index contributed by atoms with van der Waals surface area (Å²) in [7, 11) is 0. The lowest BCUT2D eigenvalue weighted by Crippen LogP contribution is -2.47.